The van der Waals surface area contributed by atoms with Gasteiger partial charge in [-0.15, -0.1) is 0 Å². The minimum atomic E-state index is -4.41. The number of rotatable bonds is 10. The molecule has 12 heteroatoms. The molecule has 2 bridgehead atoms. The number of ether oxygens (including phenoxy) is 4. The fourth-order valence-corrected chi connectivity index (χ4v) is 6.36. The lowest BCUT2D eigenvalue weighted by atomic mass is 9.78. The molecule has 0 N–H and O–H groups in total. The first kappa shape index (κ1) is 27.3. The second-order valence-electron chi connectivity index (χ2n) is 11.1. The average molecular weight is 530 g/mol. The number of alkyl halides is 2. The van der Waals surface area contributed by atoms with Crippen LogP contribution in [0.15, 0.2) is 0 Å². The maximum atomic E-state index is 13.8. The monoisotopic (exact) mass is 529 g/mol. The standard InChI is InChI=1S/C25H32F2O10/c1-11(2)20(25(26,27)23(32)33)35-15(29)7-6-14(28)34-18-13-10-12-16(21(30)36-19(12)18)17(13)22(31)37-24(3)8-4-5-9-24/h11-13,16-20H,4-10H2,1-3H3,(H,32,33)/p-1. The van der Waals surface area contributed by atoms with Crippen LogP contribution in [0.5, 0.6) is 0 Å². The molecule has 10 nitrogen and oxygen atoms in total. The Labute approximate surface area is 212 Å². The van der Waals surface area contributed by atoms with Gasteiger partial charge in [0.25, 0.3) is 0 Å². The Morgan fingerprint density at radius 3 is 2.32 bits per heavy atom. The molecular weight excluding hydrogens is 498 g/mol. The van der Waals surface area contributed by atoms with Crippen LogP contribution in [0.4, 0.5) is 8.78 Å². The first-order valence-electron chi connectivity index (χ1n) is 12.7. The second-order valence-corrected chi connectivity index (χ2v) is 11.1. The topological polar surface area (TPSA) is 145 Å². The fourth-order valence-electron chi connectivity index (χ4n) is 6.36. The van der Waals surface area contributed by atoms with Crippen LogP contribution in [0.2, 0.25) is 0 Å². The lowest BCUT2D eigenvalue weighted by Gasteiger charge is -2.33. The Balaban J connectivity index is 1.35. The summed E-state index contributed by atoms with van der Waals surface area (Å²) in [6.07, 6.45) is -1.22. The number of hydrogen-bond acceptors (Lipinski definition) is 10. The number of carbonyl (C=O) groups excluding carboxylic acids is 5. The maximum absolute atomic E-state index is 13.8. The van der Waals surface area contributed by atoms with E-state index in [1.807, 2.05) is 6.92 Å². The first-order chi connectivity index (χ1) is 17.2. The van der Waals surface area contributed by atoms with Gasteiger partial charge >= 0.3 is 29.8 Å². The molecule has 0 aromatic heterocycles. The van der Waals surface area contributed by atoms with Gasteiger partial charge in [0, 0.05) is 11.8 Å². The molecule has 37 heavy (non-hydrogen) atoms. The number of carboxylic acids is 1. The fraction of sp³-hybridized carbons (Fsp3) is 0.800. The molecule has 206 valence electrons. The van der Waals surface area contributed by atoms with Crippen LogP contribution in [0, 0.1) is 29.6 Å². The van der Waals surface area contributed by atoms with Gasteiger partial charge in [0.05, 0.1) is 24.7 Å². The average Bonchev–Trinajstić information content (AvgIpc) is 3.53. The zero-order chi connectivity index (χ0) is 27.3. The summed E-state index contributed by atoms with van der Waals surface area (Å²) in [7, 11) is 0. The van der Waals surface area contributed by atoms with Crippen molar-refractivity contribution in [3.05, 3.63) is 0 Å². The van der Waals surface area contributed by atoms with Crippen LogP contribution in [-0.2, 0) is 42.9 Å². The van der Waals surface area contributed by atoms with Crippen molar-refractivity contribution in [3.63, 3.8) is 0 Å². The molecule has 0 aromatic rings. The van der Waals surface area contributed by atoms with Gasteiger partial charge in [0.2, 0.25) is 0 Å². The molecule has 3 saturated carbocycles. The summed E-state index contributed by atoms with van der Waals surface area (Å²) in [5.74, 6) is -13.4. The lowest BCUT2D eigenvalue weighted by Crippen LogP contribution is -2.53. The molecule has 1 saturated heterocycles. The molecular formula is C25H31F2O10-. The summed E-state index contributed by atoms with van der Waals surface area (Å²) in [6.45, 7) is 4.37. The third-order valence-corrected chi connectivity index (χ3v) is 8.12. The Kier molecular flexibility index (Phi) is 7.24. The van der Waals surface area contributed by atoms with E-state index in [-0.39, 0.29) is 5.92 Å². The van der Waals surface area contributed by atoms with Crippen molar-refractivity contribution in [2.45, 2.75) is 95.6 Å². The van der Waals surface area contributed by atoms with Crippen LogP contribution in [0.3, 0.4) is 0 Å². The summed E-state index contributed by atoms with van der Waals surface area (Å²) in [4.78, 5) is 61.0. The van der Waals surface area contributed by atoms with E-state index in [0.29, 0.717) is 6.42 Å². The Bertz CT molecular complexity index is 973. The van der Waals surface area contributed by atoms with E-state index in [2.05, 4.69) is 4.74 Å². The molecule has 7 atom stereocenters. The van der Waals surface area contributed by atoms with E-state index >= 15 is 0 Å². The van der Waals surface area contributed by atoms with E-state index in [9.17, 15) is 37.9 Å². The summed E-state index contributed by atoms with van der Waals surface area (Å²) in [6, 6.07) is 0. The van der Waals surface area contributed by atoms with Gasteiger partial charge in [-0.05, 0) is 44.9 Å². The lowest BCUT2D eigenvalue weighted by molar-refractivity contribution is -0.337. The minimum absolute atomic E-state index is 0.284. The molecule has 4 aliphatic rings. The normalized spacial score (nSPS) is 32.2. The Morgan fingerprint density at radius 1 is 1.11 bits per heavy atom. The Morgan fingerprint density at radius 2 is 1.73 bits per heavy atom. The van der Waals surface area contributed by atoms with Crippen LogP contribution in [-0.4, -0.2) is 59.7 Å². The third kappa shape index (κ3) is 5.03. The summed E-state index contributed by atoms with van der Waals surface area (Å²) in [5, 5.41) is 10.7. The van der Waals surface area contributed by atoms with E-state index in [1.165, 1.54) is 13.8 Å². The number of fused-ring (bicyclic) bond motifs is 1. The van der Waals surface area contributed by atoms with E-state index in [0.717, 1.165) is 25.7 Å². The van der Waals surface area contributed by atoms with Gasteiger partial charge in [0.15, 0.2) is 6.10 Å². The molecule has 4 fully saturated rings. The van der Waals surface area contributed by atoms with Crippen molar-refractivity contribution in [2.24, 2.45) is 29.6 Å². The molecule has 0 amide bonds. The highest BCUT2D eigenvalue weighted by Gasteiger charge is 2.70. The smallest absolute Gasteiger partial charge is 0.323 e. The highest BCUT2D eigenvalue weighted by atomic mass is 19.3. The van der Waals surface area contributed by atoms with Crippen molar-refractivity contribution >= 4 is 29.8 Å². The number of esters is 4. The number of carbonyl (C=O) groups is 5. The van der Waals surface area contributed by atoms with Crippen molar-refractivity contribution in [2.75, 3.05) is 0 Å². The van der Waals surface area contributed by atoms with E-state index in [4.69, 9.17) is 14.2 Å². The van der Waals surface area contributed by atoms with Gasteiger partial charge in [0.1, 0.15) is 23.8 Å². The Hall–Kier alpha value is -2.79. The van der Waals surface area contributed by atoms with Crippen LogP contribution in [0.25, 0.3) is 0 Å². The first-order valence-corrected chi connectivity index (χ1v) is 12.7. The molecule has 0 radical (unpaired) electrons. The molecule has 4 rings (SSSR count). The van der Waals surface area contributed by atoms with Crippen molar-refractivity contribution < 1.29 is 56.8 Å². The van der Waals surface area contributed by atoms with Gasteiger partial charge < -0.3 is 28.8 Å². The quantitative estimate of drug-likeness (QED) is 0.300. The highest BCUT2D eigenvalue weighted by molar-refractivity contribution is 5.86. The van der Waals surface area contributed by atoms with Crippen LogP contribution in [0.1, 0.15) is 65.7 Å². The van der Waals surface area contributed by atoms with Gasteiger partial charge in [-0.3, -0.25) is 19.2 Å². The van der Waals surface area contributed by atoms with Crippen LogP contribution >= 0.6 is 0 Å². The van der Waals surface area contributed by atoms with Crippen LogP contribution < -0.4 is 5.11 Å². The molecule has 1 aliphatic heterocycles. The third-order valence-electron chi connectivity index (χ3n) is 8.12. The highest BCUT2D eigenvalue weighted by Crippen LogP contribution is 2.59. The summed E-state index contributed by atoms with van der Waals surface area (Å²) >= 11 is 0. The number of aliphatic carboxylic acids is 1. The molecule has 7 unspecified atom stereocenters. The maximum Gasteiger partial charge on any atom is 0.323 e. The van der Waals surface area contributed by atoms with Gasteiger partial charge in [-0.1, -0.05) is 13.8 Å². The predicted octanol–water partition coefficient (Wildman–Crippen LogP) is 1.31. The minimum Gasteiger partial charge on any atom is -0.544 e. The van der Waals surface area contributed by atoms with Gasteiger partial charge in [-0.25, -0.2) is 0 Å². The van der Waals surface area contributed by atoms with Crippen molar-refractivity contribution in [3.8, 4) is 0 Å². The molecule has 0 aromatic carbocycles. The molecule has 1 heterocycles. The summed E-state index contributed by atoms with van der Waals surface area (Å²) < 4.78 is 49.1. The number of halogens is 2. The molecule has 3 aliphatic carbocycles. The van der Waals surface area contributed by atoms with Crippen molar-refractivity contribution in [1.82, 2.24) is 0 Å². The predicted molar refractivity (Wildman–Crippen MR) is 115 cm³/mol. The van der Waals surface area contributed by atoms with E-state index < -0.39 is 96.2 Å². The largest absolute Gasteiger partial charge is 0.544 e. The second kappa shape index (κ2) is 9.83. The zero-order valence-corrected chi connectivity index (χ0v) is 20.9. The summed E-state index contributed by atoms with van der Waals surface area (Å²) in [5.41, 5.74) is -0.589. The zero-order valence-electron chi connectivity index (χ0n) is 20.9. The van der Waals surface area contributed by atoms with Crippen molar-refractivity contribution in [1.29, 1.82) is 0 Å². The SMILES string of the molecule is CC(C)C(OC(=O)CCC(=O)OC1C2CC3C1OC(=O)C3C2C(=O)OC1(C)CCCC1)C(F)(F)C(=O)[O-]. The number of carboxylic acid groups (broad SMARTS) is 1. The number of hydrogen-bond donors (Lipinski definition) is 0. The molecule has 0 spiro atoms. The van der Waals surface area contributed by atoms with Gasteiger partial charge in [-0.2, -0.15) is 8.78 Å². The van der Waals surface area contributed by atoms with E-state index in [1.54, 1.807) is 0 Å².